The van der Waals surface area contributed by atoms with Gasteiger partial charge < -0.3 is 11.1 Å². The van der Waals surface area contributed by atoms with Crippen molar-refractivity contribution in [2.24, 2.45) is 11.7 Å². The lowest BCUT2D eigenvalue weighted by atomic mass is 10.1. The fraction of sp³-hybridized carbons (Fsp3) is 0.417. The highest BCUT2D eigenvalue weighted by atomic mass is 19.2. The van der Waals surface area contributed by atoms with E-state index < -0.39 is 11.6 Å². The van der Waals surface area contributed by atoms with Crippen molar-refractivity contribution >= 4 is 11.6 Å². The van der Waals surface area contributed by atoms with Crippen LogP contribution < -0.4 is 11.1 Å². The monoisotopic (exact) mass is 240 g/mol. The summed E-state index contributed by atoms with van der Waals surface area (Å²) in [6.07, 6.45) is 2.22. The van der Waals surface area contributed by atoms with E-state index in [1.807, 2.05) is 0 Å². The van der Waals surface area contributed by atoms with Crippen molar-refractivity contribution in [1.29, 1.82) is 0 Å². The molecule has 1 aliphatic rings. The topological polar surface area (TPSA) is 55.1 Å². The Morgan fingerprint density at radius 1 is 1.29 bits per heavy atom. The first-order valence-corrected chi connectivity index (χ1v) is 5.58. The predicted octanol–water partition coefficient (Wildman–Crippen LogP) is 2.03. The molecule has 1 amide bonds. The molecule has 0 bridgehead atoms. The Hall–Kier alpha value is -1.49. The Kier molecular flexibility index (Phi) is 3.38. The Labute approximate surface area is 98.0 Å². The molecule has 3 nitrogen and oxygen atoms in total. The van der Waals surface area contributed by atoms with Crippen molar-refractivity contribution in [3.8, 4) is 0 Å². The number of hydrogen-bond acceptors (Lipinski definition) is 2. The minimum Gasteiger partial charge on any atom is -0.328 e. The van der Waals surface area contributed by atoms with E-state index in [1.165, 1.54) is 6.07 Å². The molecule has 17 heavy (non-hydrogen) atoms. The highest BCUT2D eigenvalue weighted by Gasteiger charge is 2.27. The van der Waals surface area contributed by atoms with Crippen LogP contribution in [0.15, 0.2) is 18.2 Å². The van der Waals surface area contributed by atoms with Gasteiger partial charge in [0, 0.05) is 23.7 Å². The number of carbonyl (C=O) groups is 1. The van der Waals surface area contributed by atoms with Gasteiger partial charge in [0.05, 0.1) is 0 Å². The average molecular weight is 240 g/mol. The molecule has 2 rings (SSSR count). The van der Waals surface area contributed by atoms with Gasteiger partial charge in [-0.1, -0.05) is 0 Å². The quantitative estimate of drug-likeness (QED) is 0.831. The second kappa shape index (κ2) is 4.79. The molecule has 1 saturated carbocycles. The van der Waals surface area contributed by atoms with Crippen LogP contribution in [0.1, 0.15) is 19.3 Å². The summed E-state index contributed by atoms with van der Waals surface area (Å²) in [5, 5.41) is 2.57. The van der Waals surface area contributed by atoms with Crippen LogP contribution in [0.4, 0.5) is 14.5 Å². The van der Waals surface area contributed by atoms with Gasteiger partial charge in [0.1, 0.15) is 0 Å². The largest absolute Gasteiger partial charge is 0.328 e. The van der Waals surface area contributed by atoms with Crippen molar-refractivity contribution < 1.29 is 13.6 Å². The number of nitrogens with one attached hydrogen (secondary N) is 1. The summed E-state index contributed by atoms with van der Waals surface area (Å²) < 4.78 is 25.6. The molecule has 3 N–H and O–H groups in total. The van der Waals surface area contributed by atoms with Crippen LogP contribution in [0, 0.1) is 17.6 Å². The van der Waals surface area contributed by atoms with Gasteiger partial charge in [-0.2, -0.15) is 0 Å². The van der Waals surface area contributed by atoms with Gasteiger partial charge in [-0.3, -0.25) is 4.79 Å². The van der Waals surface area contributed by atoms with Crippen molar-refractivity contribution in [3.63, 3.8) is 0 Å². The first kappa shape index (κ1) is 12.0. The van der Waals surface area contributed by atoms with E-state index in [1.54, 1.807) is 0 Å². The van der Waals surface area contributed by atoms with Gasteiger partial charge in [-0.25, -0.2) is 8.78 Å². The maximum Gasteiger partial charge on any atom is 0.227 e. The summed E-state index contributed by atoms with van der Waals surface area (Å²) in [5.74, 6) is -2.20. The highest BCUT2D eigenvalue weighted by Crippen LogP contribution is 2.25. The van der Waals surface area contributed by atoms with Gasteiger partial charge in [-0.15, -0.1) is 0 Å². The summed E-state index contributed by atoms with van der Waals surface area (Å²) >= 11 is 0. The van der Waals surface area contributed by atoms with Crippen molar-refractivity contribution in [2.75, 3.05) is 5.32 Å². The summed E-state index contributed by atoms with van der Waals surface area (Å²) in [4.78, 5) is 11.8. The van der Waals surface area contributed by atoms with Gasteiger partial charge in [0.2, 0.25) is 5.91 Å². The zero-order chi connectivity index (χ0) is 12.4. The molecule has 0 aliphatic heterocycles. The smallest absolute Gasteiger partial charge is 0.227 e. The zero-order valence-electron chi connectivity index (χ0n) is 9.25. The molecular weight excluding hydrogens is 226 g/mol. The van der Waals surface area contributed by atoms with E-state index in [2.05, 4.69) is 5.32 Å². The third-order valence-electron chi connectivity index (χ3n) is 3.03. The Morgan fingerprint density at radius 2 is 2.06 bits per heavy atom. The Balaban J connectivity index is 2.00. The second-order valence-corrected chi connectivity index (χ2v) is 4.39. The summed E-state index contributed by atoms with van der Waals surface area (Å²) in [7, 11) is 0. The molecule has 0 saturated heterocycles. The van der Waals surface area contributed by atoms with Gasteiger partial charge in [-0.05, 0) is 31.4 Å². The van der Waals surface area contributed by atoms with E-state index in [0.29, 0.717) is 6.42 Å². The minimum atomic E-state index is -0.967. The molecule has 0 radical (unpaired) electrons. The summed E-state index contributed by atoms with van der Waals surface area (Å²) in [5.41, 5.74) is 5.98. The van der Waals surface area contributed by atoms with Crippen LogP contribution in [0.25, 0.3) is 0 Å². The zero-order valence-corrected chi connectivity index (χ0v) is 9.25. The minimum absolute atomic E-state index is 0.0655. The van der Waals surface area contributed by atoms with Crippen LogP contribution in [0.5, 0.6) is 0 Å². The maximum atomic E-state index is 12.9. The average Bonchev–Trinajstić information content (AvgIpc) is 2.70. The molecule has 0 aromatic heterocycles. The Morgan fingerprint density at radius 3 is 2.65 bits per heavy atom. The van der Waals surface area contributed by atoms with Crippen molar-refractivity contribution in [2.45, 2.75) is 25.3 Å². The van der Waals surface area contributed by atoms with Crippen LogP contribution in [-0.2, 0) is 4.79 Å². The molecular formula is C12H14F2N2O. The molecule has 1 fully saturated rings. The lowest BCUT2D eigenvalue weighted by Crippen LogP contribution is -2.23. The molecule has 0 spiro atoms. The standard InChI is InChI=1S/C12H14F2N2O/c13-10-4-3-9(6-11(10)14)16-12(17)7-1-2-8(15)5-7/h3-4,6-8H,1-2,5,15H2,(H,16,17). The number of halogens is 2. The third-order valence-corrected chi connectivity index (χ3v) is 3.03. The van der Waals surface area contributed by atoms with Crippen LogP contribution in [-0.4, -0.2) is 11.9 Å². The molecule has 0 heterocycles. The van der Waals surface area contributed by atoms with Crippen molar-refractivity contribution in [3.05, 3.63) is 29.8 Å². The number of nitrogens with two attached hydrogens (primary N) is 1. The summed E-state index contributed by atoms with van der Waals surface area (Å²) in [6, 6.07) is 3.37. The lowest BCUT2D eigenvalue weighted by Gasteiger charge is -2.10. The number of anilines is 1. The van der Waals surface area contributed by atoms with Crippen molar-refractivity contribution in [1.82, 2.24) is 0 Å². The highest BCUT2D eigenvalue weighted by molar-refractivity contribution is 5.92. The number of carbonyl (C=O) groups excluding carboxylic acids is 1. The normalized spacial score (nSPS) is 23.7. The van der Waals surface area contributed by atoms with Gasteiger partial charge in [0.25, 0.3) is 0 Å². The van der Waals surface area contributed by atoms with Crippen LogP contribution >= 0.6 is 0 Å². The predicted molar refractivity (Wildman–Crippen MR) is 60.3 cm³/mol. The third kappa shape index (κ3) is 2.79. The SMILES string of the molecule is NC1CCC(C(=O)Nc2ccc(F)c(F)c2)C1. The first-order valence-electron chi connectivity index (χ1n) is 5.58. The van der Waals surface area contributed by atoms with Crippen LogP contribution in [0.3, 0.4) is 0 Å². The molecule has 92 valence electrons. The molecule has 5 heteroatoms. The molecule has 1 aliphatic carbocycles. The van der Waals surface area contributed by atoms with E-state index >= 15 is 0 Å². The van der Waals surface area contributed by atoms with E-state index in [-0.39, 0.29) is 23.6 Å². The van der Waals surface area contributed by atoms with E-state index in [9.17, 15) is 13.6 Å². The molecule has 2 atom stereocenters. The van der Waals surface area contributed by atoms with E-state index in [0.717, 1.165) is 25.0 Å². The van der Waals surface area contributed by atoms with Gasteiger partial charge in [0.15, 0.2) is 11.6 Å². The fourth-order valence-corrected chi connectivity index (χ4v) is 2.07. The molecule has 2 unspecified atom stereocenters. The Bertz CT molecular complexity index is 437. The van der Waals surface area contributed by atoms with Gasteiger partial charge >= 0.3 is 0 Å². The number of benzene rings is 1. The fourth-order valence-electron chi connectivity index (χ4n) is 2.07. The maximum absolute atomic E-state index is 12.9. The number of amides is 1. The first-order chi connectivity index (χ1) is 8.06. The number of rotatable bonds is 2. The van der Waals surface area contributed by atoms with E-state index in [4.69, 9.17) is 5.73 Å². The molecule has 1 aromatic rings. The number of hydrogen-bond donors (Lipinski definition) is 2. The molecule has 1 aromatic carbocycles. The lowest BCUT2D eigenvalue weighted by molar-refractivity contribution is -0.119. The summed E-state index contributed by atoms with van der Waals surface area (Å²) in [6.45, 7) is 0. The van der Waals surface area contributed by atoms with Crippen LogP contribution in [0.2, 0.25) is 0 Å². The second-order valence-electron chi connectivity index (χ2n) is 4.39.